The molecular weight excluding hydrogens is 1410 g/mol. The van der Waals surface area contributed by atoms with Gasteiger partial charge in [-0.15, -0.1) is 5.10 Å². The first-order chi connectivity index (χ1) is 50.9. The van der Waals surface area contributed by atoms with Gasteiger partial charge in [-0.1, -0.05) is 100 Å². The molecule has 592 valence electrons. The summed E-state index contributed by atoms with van der Waals surface area (Å²) in [5, 5.41) is 67.4. The molecule has 2 aromatic carbocycles. The molecule has 1 aliphatic rings. The van der Waals surface area contributed by atoms with Crippen molar-refractivity contribution >= 4 is 100 Å². The molecule has 0 saturated carbocycles. The Morgan fingerprint density at radius 1 is 0.611 bits per heavy atom. The lowest BCUT2D eigenvalue weighted by molar-refractivity contribution is -0.144. The smallest absolute Gasteiger partial charge is 0.305 e. The van der Waals surface area contributed by atoms with Gasteiger partial charge >= 0.3 is 23.9 Å². The highest BCUT2D eigenvalue weighted by atomic mass is 16.4. The molecule has 4 rings (SSSR count). The second kappa shape index (κ2) is 45.6. The lowest BCUT2D eigenvalue weighted by Crippen LogP contribution is -2.57. The van der Waals surface area contributed by atoms with Crippen LogP contribution < -0.4 is 59.7 Å². The van der Waals surface area contributed by atoms with Crippen molar-refractivity contribution in [3.05, 3.63) is 83.7 Å². The van der Waals surface area contributed by atoms with Gasteiger partial charge in [0, 0.05) is 82.7 Å². The van der Waals surface area contributed by atoms with E-state index in [9.17, 15) is 97.1 Å². The molecule has 0 radical (unpaired) electrons. The van der Waals surface area contributed by atoms with Crippen molar-refractivity contribution in [3.8, 4) is 0 Å². The topological polar surface area (TPSA) is 571 Å². The van der Waals surface area contributed by atoms with Crippen molar-refractivity contribution in [2.24, 2.45) is 57.2 Å². The van der Waals surface area contributed by atoms with Crippen molar-refractivity contribution in [1.29, 1.82) is 0 Å². The molecule has 1 aliphatic heterocycles. The molecule has 1 fully saturated rings. The maximum atomic E-state index is 14.3. The third-order valence-corrected chi connectivity index (χ3v) is 17.6. The normalized spacial score (nSPS) is 17.5. The fraction of sp³-hybridized carbons (Fsp3) is 0.575. The van der Waals surface area contributed by atoms with E-state index in [1.165, 1.54) is 0 Å². The predicted octanol–water partition coefficient (Wildman–Crippen LogP) is 0.106. The van der Waals surface area contributed by atoms with E-state index >= 15 is 0 Å². The Bertz CT molecular complexity index is 3630. The number of nitrogens with zero attached hydrogens (tertiary/aromatic N) is 4. The van der Waals surface area contributed by atoms with Crippen LogP contribution in [0.1, 0.15) is 161 Å². The maximum absolute atomic E-state index is 14.3. The van der Waals surface area contributed by atoms with Gasteiger partial charge in [0.15, 0.2) is 23.3 Å². The quantitative estimate of drug-likeness (QED) is 0.0203. The minimum absolute atomic E-state index is 0.00489. The minimum Gasteiger partial charge on any atom is -0.481 e. The number of hydrogen-bond donors (Lipinski definition) is 15. The van der Waals surface area contributed by atoms with Gasteiger partial charge in [0.25, 0.3) is 0 Å². The Hall–Kier alpha value is -10.9. The van der Waals surface area contributed by atoms with Crippen LogP contribution in [0.15, 0.2) is 71.9 Å². The molecule has 8 amide bonds. The number of rotatable bonds is 45. The van der Waals surface area contributed by atoms with Crippen LogP contribution in [0.5, 0.6) is 0 Å². The van der Waals surface area contributed by atoms with Crippen LogP contribution in [-0.4, -0.2) is 198 Å². The third-order valence-electron chi connectivity index (χ3n) is 17.6. The number of aryl methyl sites for hydroxylation is 1. The molecule has 35 nitrogen and oxygen atoms in total. The SMILES string of the molecule is CC(C)CC(CC(=O)C(Cc1ccccc1)NC(=O)CCC(=O)C(N)Cc1cn(CCCC(C)(C)C)nn1)C(=O)NC[C@@H](CC(=O)O)C(=O)N[C@@H](CC(=O)O)C(=O)C[C@@H](CC(=O)O)C(=O)NCCCCC1NC(=O)[C@@H](Cc2ccccc2)CC(=O)CNC(=O)[C@H](CC(=O)O)NC(=O)C(CCCN=C(N)N)NC1=O. The number of benzene rings is 2. The Morgan fingerprint density at radius 3 is 1.79 bits per heavy atom. The van der Waals surface area contributed by atoms with E-state index < -0.39 is 212 Å². The average molecular weight is 1510 g/mol. The number of Topliss-reactive ketones (excluding diaryl/α,β-unsaturated/α-hetero) is 4. The second-order valence-electron chi connectivity index (χ2n) is 28.7. The summed E-state index contributed by atoms with van der Waals surface area (Å²) in [6, 6.07) is 8.27. The molecule has 2 heterocycles. The molecule has 5 unspecified atom stereocenters. The fourth-order valence-corrected chi connectivity index (χ4v) is 12.0. The number of carboxylic acid groups (broad SMARTS) is 4. The molecule has 0 aliphatic carbocycles. The monoisotopic (exact) mass is 1510 g/mol. The summed E-state index contributed by atoms with van der Waals surface area (Å²) in [5.41, 5.74) is 19.1. The number of aromatic nitrogens is 3. The number of ketones is 4. The zero-order chi connectivity index (χ0) is 80.2. The number of carboxylic acids is 4. The largest absolute Gasteiger partial charge is 0.481 e. The van der Waals surface area contributed by atoms with Crippen LogP contribution in [-0.2, 0) is 103 Å². The second-order valence-corrected chi connectivity index (χ2v) is 28.7. The van der Waals surface area contributed by atoms with Crippen molar-refractivity contribution in [3.63, 3.8) is 0 Å². The van der Waals surface area contributed by atoms with E-state index in [1.54, 1.807) is 85.4 Å². The van der Waals surface area contributed by atoms with E-state index in [0.717, 1.165) is 12.8 Å². The lowest BCUT2D eigenvalue weighted by atomic mass is 9.88. The van der Waals surface area contributed by atoms with E-state index in [2.05, 4.69) is 78.6 Å². The molecule has 108 heavy (non-hydrogen) atoms. The van der Waals surface area contributed by atoms with Crippen LogP contribution in [0.2, 0.25) is 0 Å². The van der Waals surface area contributed by atoms with Gasteiger partial charge in [-0.2, -0.15) is 0 Å². The van der Waals surface area contributed by atoms with Crippen molar-refractivity contribution in [2.45, 2.75) is 206 Å². The molecule has 0 spiro atoms. The van der Waals surface area contributed by atoms with Crippen molar-refractivity contribution in [1.82, 2.24) is 57.5 Å². The molecule has 3 aromatic rings. The number of unbranched alkanes of at least 4 members (excludes halogenated alkanes) is 1. The number of hydrogen-bond acceptors (Lipinski definition) is 20. The zero-order valence-electron chi connectivity index (χ0n) is 61.7. The van der Waals surface area contributed by atoms with Crippen LogP contribution >= 0.6 is 0 Å². The Labute approximate surface area is 625 Å². The number of nitrogens with two attached hydrogens (primary N) is 3. The van der Waals surface area contributed by atoms with Crippen LogP contribution in [0.4, 0.5) is 0 Å². The van der Waals surface area contributed by atoms with Gasteiger partial charge < -0.3 is 80.2 Å². The first-order valence-electron chi connectivity index (χ1n) is 36.0. The highest BCUT2D eigenvalue weighted by Gasteiger charge is 2.37. The summed E-state index contributed by atoms with van der Waals surface area (Å²) in [5.74, 6) is -22.8. The number of carbonyl (C=O) groups is 16. The molecule has 35 heteroatoms. The van der Waals surface area contributed by atoms with Crippen molar-refractivity contribution < 1.29 is 97.1 Å². The summed E-state index contributed by atoms with van der Waals surface area (Å²) >= 11 is 0. The van der Waals surface area contributed by atoms with Gasteiger partial charge in [0.1, 0.15) is 23.9 Å². The average Bonchev–Trinajstić information content (AvgIpc) is 1.10. The zero-order valence-corrected chi connectivity index (χ0v) is 61.7. The number of aliphatic carboxylic acids is 4. The summed E-state index contributed by atoms with van der Waals surface area (Å²) in [6.45, 7) is 8.89. The summed E-state index contributed by atoms with van der Waals surface area (Å²) < 4.78 is 1.68. The number of amides is 8. The highest BCUT2D eigenvalue weighted by molar-refractivity contribution is 6.00. The van der Waals surface area contributed by atoms with Gasteiger partial charge in [0.2, 0.25) is 47.3 Å². The Kier molecular flexibility index (Phi) is 37.8. The molecule has 1 aromatic heterocycles. The number of nitrogens with one attached hydrogen (secondary N) is 8. The van der Waals surface area contributed by atoms with Crippen LogP contribution in [0.3, 0.4) is 0 Å². The first kappa shape index (κ1) is 89.5. The molecule has 1 saturated heterocycles. The van der Waals surface area contributed by atoms with Gasteiger partial charge in [0.05, 0.1) is 67.9 Å². The van der Waals surface area contributed by atoms with Gasteiger partial charge in [-0.3, -0.25) is 86.4 Å². The predicted molar refractivity (Wildman–Crippen MR) is 389 cm³/mol. The molecule has 0 bridgehead atoms. The maximum Gasteiger partial charge on any atom is 0.305 e. The summed E-state index contributed by atoms with van der Waals surface area (Å²) in [6.07, 6.45) is -3.22. The van der Waals surface area contributed by atoms with Gasteiger partial charge in [-0.05, 0) is 86.7 Å². The minimum atomic E-state index is -1.99. The van der Waals surface area contributed by atoms with E-state index in [0.29, 0.717) is 23.4 Å². The highest BCUT2D eigenvalue weighted by Crippen LogP contribution is 2.23. The molecule has 18 N–H and O–H groups in total. The Balaban J connectivity index is 1.46. The summed E-state index contributed by atoms with van der Waals surface area (Å²) in [7, 11) is 0. The Morgan fingerprint density at radius 2 is 1.19 bits per heavy atom. The fourth-order valence-electron chi connectivity index (χ4n) is 12.0. The van der Waals surface area contributed by atoms with Crippen LogP contribution in [0, 0.1) is 35.0 Å². The first-order valence-corrected chi connectivity index (χ1v) is 36.0. The van der Waals surface area contributed by atoms with E-state index in [1.807, 2.05) is 0 Å². The lowest BCUT2D eigenvalue weighted by Gasteiger charge is -2.26. The summed E-state index contributed by atoms with van der Waals surface area (Å²) in [4.78, 5) is 218. The molecule has 10 atom stereocenters. The number of aliphatic imine (C=N–C) groups is 1. The van der Waals surface area contributed by atoms with E-state index in [4.69, 9.17) is 17.2 Å². The van der Waals surface area contributed by atoms with Gasteiger partial charge in [-0.25, -0.2) is 0 Å². The molecular formula is C73H105N15O20. The van der Waals surface area contributed by atoms with Crippen LogP contribution in [0.25, 0.3) is 0 Å². The van der Waals surface area contributed by atoms with E-state index in [-0.39, 0.29) is 101 Å². The number of carbonyl (C=O) groups excluding carboxylic acids is 12. The third kappa shape index (κ3) is 35.0. The number of guanidine groups is 1. The van der Waals surface area contributed by atoms with Crippen molar-refractivity contribution in [2.75, 3.05) is 26.2 Å². The standard InChI is InChI=1S/C73H105N15O20/c1-42(2)28-45(32-58(91)54(30-44-18-10-7-11-19-44)81-60(93)23-22-57(90)51(74)36-49-41-88(87-86-49)27-15-24-73(3,4)5)66(103)79-39-48(35-62(96)97)68(105)84-55(37-63(98)99)59(92)33-47(34-61(94)95)65(102)77-25-13-12-20-52-70(107)83-53(21-14-26-78-72(75)76)71(108)85-56(38-64(100)101)69(106)80-40-50(89)31-46(67(104)82-52)29-43-16-8-6-9-17-43/h6-11,16-19,41-42,45-48,51-56H,12-15,20-40,74H2,1-5H3,(H,77,102)(H,79,103)(H,80,106)(H,81,93)(H,82,104)(H,83,107)(H,84,105)(H,85,108)(H,94,95)(H,96,97)(H,98,99)(H,100,101)(H4,75,76,78)/t45?,46-,47-,48+,51?,52?,53?,54?,55-,56-/m0/s1.